The third-order valence-corrected chi connectivity index (χ3v) is 3.37. The molecule has 0 aliphatic carbocycles. The van der Waals surface area contributed by atoms with E-state index in [-0.39, 0.29) is 18.4 Å². The van der Waals surface area contributed by atoms with Crippen LogP contribution < -0.4 is 5.73 Å². The molecule has 4 nitrogen and oxygen atoms in total. The van der Waals surface area contributed by atoms with Gasteiger partial charge >= 0.3 is 0 Å². The molecule has 1 rings (SSSR count). The quantitative estimate of drug-likeness (QED) is 0.805. The van der Waals surface area contributed by atoms with E-state index in [0.29, 0.717) is 21.5 Å². The molecule has 1 aromatic rings. The van der Waals surface area contributed by atoms with E-state index in [4.69, 9.17) is 5.73 Å². The van der Waals surface area contributed by atoms with Gasteiger partial charge in [0.1, 0.15) is 0 Å². The third kappa shape index (κ3) is 4.87. The van der Waals surface area contributed by atoms with E-state index in [1.165, 1.54) is 4.90 Å². The second-order valence-electron chi connectivity index (χ2n) is 4.71. The van der Waals surface area contributed by atoms with Gasteiger partial charge < -0.3 is 10.6 Å². The number of primary amides is 1. The number of hydrogen-bond donors (Lipinski definition) is 2. The number of hydrogen-bond acceptors (Lipinski definition) is 3. The number of nitrogens with two attached hydrogens (primary N) is 1. The Hall–Kier alpha value is -1.01. The Kier molecular flexibility index (Phi) is 5.87. The van der Waals surface area contributed by atoms with Gasteiger partial charge in [-0.15, -0.1) is 12.6 Å². The molecule has 0 spiro atoms. The Bertz CT molecular complexity index is 492. The van der Waals surface area contributed by atoms with Crippen LogP contribution in [0.5, 0.6) is 0 Å². The van der Waals surface area contributed by atoms with Crippen LogP contribution in [0.1, 0.15) is 24.2 Å². The zero-order valence-corrected chi connectivity index (χ0v) is 13.4. The lowest BCUT2D eigenvalue weighted by Crippen LogP contribution is -2.40. The molecular formula is C13H17BrN2O2S. The van der Waals surface area contributed by atoms with Crippen LogP contribution in [-0.2, 0) is 4.79 Å². The van der Waals surface area contributed by atoms with Gasteiger partial charge in [0.05, 0.1) is 12.1 Å². The number of nitrogens with zero attached hydrogens (tertiary/aromatic N) is 1. The van der Waals surface area contributed by atoms with Crippen LogP contribution in [-0.4, -0.2) is 29.8 Å². The van der Waals surface area contributed by atoms with Crippen molar-refractivity contribution in [2.24, 2.45) is 11.7 Å². The number of thiol groups is 1. The molecule has 0 bridgehead atoms. The second-order valence-corrected chi connectivity index (χ2v) is 6.08. The van der Waals surface area contributed by atoms with Crippen molar-refractivity contribution in [3.63, 3.8) is 0 Å². The summed E-state index contributed by atoms with van der Waals surface area (Å²) < 4.78 is 0.675. The highest BCUT2D eigenvalue weighted by molar-refractivity contribution is 9.10. The molecule has 6 heteroatoms. The molecule has 1 aromatic carbocycles. The fourth-order valence-electron chi connectivity index (χ4n) is 1.70. The lowest BCUT2D eigenvalue weighted by Gasteiger charge is -2.23. The normalized spacial score (nSPS) is 10.6. The number of amides is 2. The summed E-state index contributed by atoms with van der Waals surface area (Å²) in [5, 5.41) is 0. The standard InChI is InChI=1S/C13H17BrN2O2S/c1-8(2)6-16(7-12(15)17)13(18)10-5-9(19)3-4-11(10)14/h3-5,8,19H,6-7H2,1-2H3,(H2,15,17). The number of carbonyl (C=O) groups excluding carboxylic acids is 2. The molecule has 0 atom stereocenters. The number of carbonyl (C=O) groups is 2. The van der Waals surface area contributed by atoms with Crippen LogP contribution in [0.15, 0.2) is 27.6 Å². The summed E-state index contributed by atoms with van der Waals surface area (Å²) in [6.07, 6.45) is 0. The fraction of sp³-hybridized carbons (Fsp3) is 0.385. The minimum absolute atomic E-state index is 0.0831. The molecule has 0 aromatic heterocycles. The Labute approximate surface area is 126 Å². The Morgan fingerprint density at radius 1 is 1.42 bits per heavy atom. The molecule has 0 fully saturated rings. The van der Waals surface area contributed by atoms with Crippen molar-refractivity contribution in [3.05, 3.63) is 28.2 Å². The molecule has 0 aliphatic heterocycles. The van der Waals surface area contributed by atoms with E-state index in [0.717, 1.165) is 0 Å². The maximum atomic E-state index is 12.4. The van der Waals surface area contributed by atoms with Gasteiger partial charge in [-0.25, -0.2) is 0 Å². The van der Waals surface area contributed by atoms with Gasteiger partial charge in [0, 0.05) is 15.9 Å². The first-order valence-corrected chi connectivity index (χ1v) is 7.11. The maximum Gasteiger partial charge on any atom is 0.255 e. The Morgan fingerprint density at radius 2 is 2.05 bits per heavy atom. The predicted molar refractivity (Wildman–Crippen MR) is 81.3 cm³/mol. The lowest BCUT2D eigenvalue weighted by molar-refractivity contribution is -0.118. The van der Waals surface area contributed by atoms with E-state index < -0.39 is 5.91 Å². The molecular weight excluding hydrogens is 328 g/mol. The molecule has 2 amide bonds. The highest BCUT2D eigenvalue weighted by atomic mass is 79.9. The predicted octanol–water partition coefficient (Wildman–Crippen LogP) is 2.32. The van der Waals surface area contributed by atoms with E-state index >= 15 is 0 Å². The van der Waals surface area contributed by atoms with Gasteiger partial charge in [0.2, 0.25) is 5.91 Å². The van der Waals surface area contributed by atoms with Gasteiger partial charge in [0.15, 0.2) is 0 Å². The fourth-order valence-corrected chi connectivity index (χ4v) is 2.32. The van der Waals surface area contributed by atoms with Crippen LogP contribution in [0.25, 0.3) is 0 Å². The van der Waals surface area contributed by atoms with Crippen molar-refractivity contribution >= 4 is 40.4 Å². The van der Waals surface area contributed by atoms with Gasteiger partial charge in [-0.2, -0.15) is 0 Å². The molecule has 104 valence electrons. The van der Waals surface area contributed by atoms with E-state index in [1.807, 2.05) is 13.8 Å². The summed E-state index contributed by atoms with van der Waals surface area (Å²) in [5.41, 5.74) is 5.67. The molecule has 0 saturated heterocycles. The van der Waals surface area contributed by atoms with Crippen LogP contribution in [0.2, 0.25) is 0 Å². The van der Waals surface area contributed by atoms with Crippen molar-refractivity contribution in [1.29, 1.82) is 0 Å². The summed E-state index contributed by atoms with van der Waals surface area (Å²) in [4.78, 5) is 25.7. The van der Waals surface area contributed by atoms with Crippen LogP contribution in [0, 0.1) is 5.92 Å². The lowest BCUT2D eigenvalue weighted by atomic mass is 10.1. The van der Waals surface area contributed by atoms with E-state index in [2.05, 4.69) is 28.6 Å². The van der Waals surface area contributed by atoms with Gasteiger partial charge in [-0.3, -0.25) is 9.59 Å². The number of halogens is 1. The first kappa shape index (κ1) is 16.0. The highest BCUT2D eigenvalue weighted by Crippen LogP contribution is 2.22. The zero-order chi connectivity index (χ0) is 14.6. The topological polar surface area (TPSA) is 63.4 Å². The summed E-state index contributed by atoms with van der Waals surface area (Å²) in [6, 6.07) is 5.21. The Balaban J connectivity index is 3.03. The maximum absolute atomic E-state index is 12.4. The third-order valence-electron chi connectivity index (χ3n) is 2.40. The SMILES string of the molecule is CC(C)CN(CC(N)=O)C(=O)c1cc(S)ccc1Br. The van der Waals surface area contributed by atoms with E-state index in [1.54, 1.807) is 18.2 Å². The first-order valence-electron chi connectivity index (χ1n) is 5.87. The molecule has 0 unspecified atom stereocenters. The van der Waals surface area contributed by atoms with Crippen LogP contribution in [0.3, 0.4) is 0 Å². The van der Waals surface area contributed by atoms with Crippen molar-refractivity contribution in [2.45, 2.75) is 18.7 Å². The Morgan fingerprint density at radius 3 is 2.58 bits per heavy atom. The summed E-state index contributed by atoms with van der Waals surface area (Å²) >= 11 is 7.56. The van der Waals surface area contributed by atoms with Gasteiger partial charge in [-0.1, -0.05) is 13.8 Å². The van der Waals surface area contributed by atoms with Crippen molar-refractivity contribution in [1.82, 2.24) is 4.90 Å². The second kappa shape index (κ2) is 6.96. The molecule has 0 heterocycles. The smallest absolute Gasteiger partial charge is 0.255 e. The van der Waals surface area contributed by atoms with Crippen molar-refractivity contribution < 1.29 is 9.59 Å². The largest absolute Gasteiger partial charge is 0.368 e. The molecule has 2 N–H and O–H groups in total. The van der Waals surface area contributed by atoms with Crippen LogP contribution >= 0.6 is 28.6 Å². The minimum atomic E-state index is -0.521. The average Bonchev–Trinajstić information content (AvgIpc) is 2.29. The minimum Gasteiger partial charge on any atom is -0.368 e. The van der Waals surface area contributed by atoms with Crippen molar-refractivity contribution in [3.8, 4) is 0 Å². The van der Waals surface area contributed by atoms with Gasteiger partial charge in [-0.05, 0) is 40.0 Å². The zero-order valence-electron chi connectivity index (χ0n) is 10.9. The summed E-state index contributed by atoms with van der Waals surface area (Å²) in [6.45, 7) is 4.35. The molecule has 0 aliphatic rings. The highest BCUT2D eigenvalue weighted by Gasteiger charge is 2.20. The number of rotatable bonds is 5. The van der Waals surface area contributed by atoms with Gasteiger partial charge in [0.25, 0.3) is 5.91 Å². The molecule has 0 saturated carbocycles. The summed E-state index contributed by atoms with van der Waals surface area (Å²) in [5.74, 6) is -0.497. The molecule has 19 heavy (non-hydrogen) atoms. The first-order chi connectivity index (χ1) is 8.81. The van der Waals surface area contributed by atoms with E-state index in [9.17, 15) is 9.59 Å². The monoisotopic (exact) mass is 344 g/mol. The van der Waals surface area contributed by atoms with Crippen molar-refractivity contribution in [2.75, 3.05) is 13.1 Å². The summed E-state index contributed by atoms with van der Waals surface area (Å²) in [7, 11) is 0. The average molecular weight is 345 g/mol. The number of benzene rings is 1. The van der Waals surface area contributed by atoms with Crippen LogP contribution in [0.4, 0.5) is 0 Å². The molecule has 0 radical (unpaired) electrons.